The minimum absolute atomic E-state index is 0.0110. The number of nitrogens with two attached hydrogens (primary N) is 1. The Morgan fingerprint density at radius 1 is 1.21 bits per heavy atom. The smallest absolute Gasteiger partial charge is 0.425 e. The van der Waals surface area contributed by atoms with Crippen LogP contribution in [0.15, 0.2) is 55.6 Å². The molecular weight excluding hydrogens is 370 g/mol. The van der Waals surface area contributed by atoms with Crippen LogP contribution in [-0.4, -0.2) is 61.1 Å². The first kappa shape index (κ1) is 21.6. The van der Waals surface area contributed by atoms with Crippen molar-refractivity contribution < 1.29 is 38.4 Å². The van der Waals surface area contributed by atoms with E-state index in [1.165, 1.54) is 12.2 Å². The normalized spacial score (nSPS) is 24.9. The number of rotatable bonds is 10. The van der Waals surface area contributed by atoms with Crippen molar-refractivity contribution in [3.63, 3.8) is 0 Å². The number of benzene rings is 1. The number of carbonyl (C=O) groups excluding carboxylic acids is 2. The molecule has 9 heteroatoms. The summed E-state index contributed by atoms with van der Waals surface area (Å²) in [6.07, 6.45) is -4.71. The van der Waals surface area contributed by atoms with Crippen molar-refractivity contribution in [3.05, 3.63) is 55.6 Å². The molecule has 28 heavy (non-hydrogen) atoms. The summed E-state index contributed by atoms with van der Waals surface area (Å²) in [6.45, 7) is 7.05. The maximum atomic E-state index is 12.1. The van der Waals surface area contributed by atoms with E-state index in [-0.39, 0.29) is 19.0 Å². The zero-order chi connectivity index (χ0) is 20.5. The van der Waals surface area contributed by atoms with E-state index in [2.05, 4.69) is 13.2 Å². The molecule has 152 valence electrons. The second-order valence-electron chi connectivity index (χ2n) is 5.77. The topological polar surface area (TPSA) is 127 Å². The highest BCUT2D eigenvalue weighted by Crippen LogP contribution is 2.29. The van der Waals surface area contributed by atoms with E-state index < -0.39 is 42.8 Å². The Balaban J connectivity index is 2.16. The summed E-state index contributed by atoms with van der Waals surface area (Å²) >= 11 is 0. The van der Waals surface area contributed by atoms with Crippen molar-refractivity contribution in [2.24, 2.45) is 5.73 Å². The second kappa shape index (κ2) is 10.6. The summed E-state index contributed by atoms with van der Waals surface area (Å²) in [5, 5.41) is 10.5. The molecule has 5 atom stereocenters. The standard InChI is InChI=1S/C19H23NO8/c1-3-10-24-16(17(20)22)15-14(13(21)18(27-15)25-11-4-2)28-19(23)26-12-8-6-5-7-9-12/h3-9,13-16,18,21H,1-2,10-11H2,(H2,20,22)/t13-,14-,15?,16+,18+/m1/s1. The van der Waals surface area contributed by atoms with Crippen molar-refractivity contribution in [1.29, 1.82) is 0 Å². The van der Waals surface area contributed by atoms with Crippen molar-refractivity contribution >= 4 is 12.1 Å². The molecule has 1 aromatic rings. The fourth-order valence-electron chi connectivity index (χ4n) is 2.57. The molecular formula is C19H23NO8. The van der Waals surface area contributed by atoms with Gasteiger partial charge in [0.05, 0.1) is 13.2 Å². The number of carbonyl (C=O) groups is 2. The Morgan fingerprint density at radius 2 is 1.89 bits per heavy atom. The predicted molar refractivity (Wildman–Crippen MR) is 97.3 cm³/mol. The molecule has 1 heterocycles. The van der Waals surface area contributed by atoms with Gasteiger partial charge in [0.15, 0.2) is 18.5 Å². The summed E-state index contributed by atoms with van der Waals surface area (Å²) < 4.78 is 26.4. The second-order valence-corrected chi connectivity index (χ2v) is 5.77. The highest BCUT2D eigenvalue weighted by atomic mass is 16.8. The summed E-state index contributed by atoms with van der Waals surface area (Å²) in [5.41, 5.74) is 5.38. The molecule has 1 aliphatic rings. The Morgan fingerprint density at radius 3 is 2.50 bits per heavy atom. The lowest BCUT2D eigenvalue weighted by Crippen LogP contribution is -2.49. The Bertz CT molecular complexity index is 680. The number of aliphatic hydroxyl groups excluding tert-OH is 1. The van der Waals surface area contributed by atoms with Gasteiger partial charge in [-0.05, 0) is 12.1 Å². The van der Waals surface area contributed by atoms with Crippen molar-refractivity contribution in [2.75, 3.05) is 13.2 Å². The van der Waals surface area contributed by atoms with Gasteiger partial charge in [-0.25, -0.2) is 4.79 Å². The predicted octanol–water partition coefficient (Wildman–Crippen LogP) is 0.915. The lowest BCUT2D eigenvalue weighted by molar-refractivity contribution is -0.179. The van der Waals surface area contributed by atoms with Crippen LogP contribution in [0.1, 0.15) is 0 Å². The van der Waals surface area contributed by atoms with Crippen molar-refractivity contribution in [1.82, 2.24) is 0 Å². The maximum absolute atomic E-state index is 12.1. The van der Waals surface area contributed by atoms with Gasteiger partial charge in [0, 0.05) is 0 Å². The molecule has 0 bridgehead atoms. The SMILES string of the molecule is C=CCO[C@H]1OC([C@H](OCC=C)C(N)=O)[C@H](OC(=O)Oc2ccccc2)[C@H]1O. The highest BCUT2D eigenvalue weighted by Gasteiger charge is 2.52. The number of hydrogen-bond donors (Lipinski definition) is 2. The molecule has 1 unspecified atom stereocenters. The van der Waals surface area contributed by atoms with Crippen LogP contribution in [0.4, 0.5) is 4.79 Å². The molecule has 0 spiro atoms. The van der Waals surface area contributed by atoms with Crippen LogP contribution in [0.3, 0.4) is 0 Å². The van der Waals surface area contributed by atoms with Gasteiger partial charge in [0.2, 0.25) is 5.91 Å². The van der Waals surface area contributed by atoms with Crippen LogP contribution < -0.4 is 10.5 Å². The number of hydrogen-bond acceptors (Lipinski definition) is 8. The first-order valence-corrected chi connectivity index (χ1v) is 8.49. The Labute approximate surface area is 162 Å². The van der Waals surface area contributed by atoms with Gasteiger partial charge in [0.25, 0.3) is 0 Å². The van der Waals surface area contributed by atoms with Gasteiger partial charge in [-0.2, -0.15) is 0 Å². The molecule has 2 rings (SSSR count). The fraction of sp³-hybridized carbons (Fsp3) is 0.368. The molecule has 0 aromatic heterocycles. The molecule has 1 aromatic carbocycles. The minimum atomic E-state index is -1.41. The third-order valence-electron chi connectivity index (χ3n) is 3.76. The Kier molecular flexibility index (Phi) is 8.15. The average molecular weight is 393 g/mol. The average Bonchev–Trinajstić information content (AvgIpc) is 2.96. The van der Waals surface area contributed by atoms with Gasteiger partial charge in [0.1, 0.15) is 18.0 Å². The van der Waals surface area contributed by atoms with E-state index >= 15 is 0 Å². The van der Waals surface area contributed by atoms with Crippen LogP contribution in [0, 0.1) is 0 Å². The van der Waals surface area contributed by atoms with E-state index in [0.29, 0.717) is 0 Å². The zero-order valence-corrected chi connectivity index (χ0v) is 15.1. The molecule has 0 radical (unpaired) electrons. The summed E-state index contributed by atoms with van der Waals surface area (Å²) in [6, 6.07) is 8.19. The molecule has 1 fully saturated rings. The van der Waals surface area contributed by atoms with Gasteiger partial charge in [-0.3, -0.25) is 4.79 Å². The van der Waals surface area contributed by atoms with Crippen LogP contribution >= 0.6 is 0 Å². The van der Waals surface area contributed by atoms with Crippen LogP contribution in [-0.2, 0) is 23.7 Å². The first-order valence-electron chi connectivity index (χ1n) is 8.49. The van der Waals surface area contributed by atoms with E-state index in [9.17, 15) is 14.7 Å². The lowest BCUT2D eigenvalue weighted by atomic mass is 10.1. The van der Waals surface area contributed by atoms with Crippen LogP contribution in [0.25, 0.3) is 0 Å². The van der Waals surface area contributed by atoms with Gasteiger partial charge < -0.3 is 34.5 Å². The fourth-order valence-corrected chi connectivity index (χ4v) is 2.57. The lowest BCUT2D eigenvalue weighted by Gasteiger charge is -2.25. The maximum Gasteiger partial charge on any atom is 0.514 e. The minimum Gasteiger partial charge on any atom is -0.425 e. The van der Waals surface area contributed by atoms with Crippen molar-refractivity contribution in [3.8, 4) is 5.75 Å². The quantitative estimate of drug-likeness (QED) is 0.341. The Hall–Kier alpha value is -2.72. The monoisotopic (exact) mass is 393 g/mol. The molecule has 9 nitrogen and oxygen atoms in total. The first-order chi connectivity index (χ1) is 13.5. The van der Waals surface area contributed by atoms with E-state index in [1.54, 1.807) is 30.3 Å². The number of ether oxygens (including phenoxy) is 5. The van der Waals surface area contributed by atoms with Gasteiger partial charge in [-0.15, -0.1) is 13.2 Å². The van der Waals surface area contributed by atoms with Gasteiger partial charge >= 0.3 is 6.16 Å². The summed E-state index contributed by atoms with van der Waals surface area (Å²) in [4.78, 5) is 24.0. The number of para-hydroxylation sites is 1. The van der Waals surface area contributed by atoms with E-state index in [1.807, 2.05) is 0 Å². The van der Waals surface area contributed by atoms with Gasteiger partial charge in [-0.1, -0.05) is 30.4 Å². The molecule has 0 saturated carbocycles. The summed E-state index contributed by atoms with van der Waals surface area (Å²) in [7, 11) is 0. The van der Waals surface area contributed by atoms with Crippen LogP contribution in [0.2, 0.25) is 0 Å². The highest BCUT2D eigenvalue weighted by molar-refractivity contribution is 5.80. The largest absolute Gasteiger partial charge is 0.514 e. The zero-order valence-electron chi connectivity index (χ0n) is 15.1. The molecule has 0 aliphatic carbocycles. The summed E-state index contributed by atoms with van der Waals surface area (Å²) in [5.74, 6) is -0.625. The number of amides is 1. The van der Waals surface area contributed by atoms with Crippen LogP contribution in [0.5, 0.6) is 5.75 Å². The molecule has 1 aliphatic heterocycles. The van der Waals surface area contributed by atoms with E-state index in [4.69, 9.17) is 29.4 Å². The molecule has 1 amide bonds. The molecule has 3 N–H and O–H groups in total. The van der Waals surface area contributed by atoms with Crippen molar-refractivity contribution in [2.45, 2.75) is 30.7 Å². The van der Waals surface area contributed by atoms with E-state index in [0.717, 1.165) is 0 Å². The molecule has 1 saturated heterocycles. The number of primary amides is 1. The third-order valence-corrected chi connectivity index (χ3v) is 3.76. The third kappa shape index (κ3) is 5.64. The number of aliphatic hydroxyl groups is 1.